The van der Waals surface area contributed by atoms with Crippen molar-refractivity contribution in [3.05, 3.63) is 65.0 Å². The summed E-state index contributed by atoms with van der Waals surface area (Å²) in [5, 5.41) is 8.95. The van der Waals surface area contributed by atoms with Crippen molar-refractivity contribution in [1.29, 1.82) is 5.26 Å². The standard InChI is InChI=1S/C17H15N3/c1-12-4-3-5-13(8-12)10-17-19-15-9-14(11-18)6-7-16(15)20(17)2/h3-9H,10H2,1-2H3. The first-order valence-corrected chi connectivity index (χ1v) is 6.58. The molecule has 0 bridgehead atoms. The smallest absolute Gasteiger partial charge is 0.114 e. The van der Waals surface area contributed by atoms with E-state index in [9.17, 15) is 0 Å². The quantitative estimate of drug-likeness (QED) is 0.710. The second-order valence-electron chi connectivity index (χ2n) is 5.07. The largest absolute Gasteiger partial charge is 0.331 e. The molecule has 0 aliphatic carbocycles. The van der Waals surface area contributed by atoms with Crippen molar-refractivity contribution in [1.82, 2.24) is 9.55 Å². The van der Waals surface area contributed by atoms with Crippen molar-refractivity contribution >= 4 is 11.0 Å². The molecule has 3 heteroatoms. The van der Waals surface area contributed by atoms with Gasteiger partial charge < -0.3 is 4.57 Å². The number of hydrogen-bond acceptors (Lipinski definition) is 2. The number of nitriles is 1. The Bertz CT molecular complexity index is 822. The van der Waals surface area contributed by atoms with E-state index in [1.54, 1.807) is 0 Å². The number of hydrogen-bond donors (Lipinski definition) is 0. The van der Waals surface area contributed by atoms with Crippen LogP contribution in [0.1, 0.15) is 22.5 Å². The minimum absolute atomic E-state index is 0.651. The van der Waals surface area contributed by atoms with Gasteiger partial charge in [0.25, 0.3) is 0 Å². The molecule has 20 heavy (non-hydrogen) atoms. The molecular weight excluding hydrogens is 246 g/mol. The van der Waals surface area contributed by atoms with Gasteiger partial charge in [-0.1, -0.05) is 29.8 Å². The summed E-state index contributed by atoms with van der Waals surface area (Å²) < 4.78 is 2.10. The van der Waals surface area contributed by atoms with E-state index in [4.69, 9.17) is 5.26 Å². The Hall–Kier alpha value is -2.60. The zero-order valence-corrected chi connectivity index (χ0v) is 11.6. The fraction of sp³-hybridized carbons (Fsp3) is 0.176. The summed E-state index contributed by atoms with van der Waals surface area (Å²) in [5.74, 6) is 1.01. The molecule has 3 nitrogen and oxygen atoms in total. The van der Waals surface area contributed by atoms with Gasteiger partial charge >= 0.3 is 0 Å². The molecular formula is C17H15N3. The molecule has 0 saturated heterocycles. The van der Waals surface area contributed by atoms with E-state index in [0.717, 1.165) is 23.3 Å². The summed E-state index contributed by atoms with van der Waals surface area (Å²) in [6.45, 7) is 2.09. The van der Waals surface area contributed by atoms with Crippen LogP contribution in [0.15, 0.2) is 42.5 Å². The molecule has 3 rings (SSSR count). The van der Waals surface area contributed by atoms with E-state index in [2.05, 4.69) is 46.8 Å². The van der Waals surface area contributed by atoms with Gasteiger partial charge in [-0.25, -0.2) is 4.98 Å². The van der Waals surface area contributed by atoms with Crippen LogP contribution in [0, 0.1) is 18.3 Å². The van der Waals surface area contributed by atoms with E-state index < -0.39 is 0 Å². The third-order valence-corrected chi connectivity index (χ3v) is 3.55. The molecule has 0 radical (unpaired) electrons. The molecule has 1 aromatic heterocycles. The summed E-state index contributed by atoms with van der Waals surface area (Å²) >= 11 is 0. The molecule has 0 aliphatic rings. The SMILES string of the molecule is Cc1cccc(Cc2nc3cc(C#N)ccc3n2C)c1. The predicted octanol–water partition coefficient (Wildman–Crippen LogP) is 3.34. The van der Waals surface area contributed by atoms with Crippen LogP contribution >= 0.6 is 0 Å². The normalized spacial score (nSPS) is 10.7. The topological polar surface area (TPSA) is 41.6 Å². The first-order chi connectivity index (χ1) is 9.67. The van der Waals surface area contributed by atoms with E-state index >= 15 is 0 Å². The van der Waals surface area contributed by atoms with Gasteiger partial charge in [0.1, 0.15) is 5.82 Å². The lowest BCUT2D eigenvalue weighted by Crippen LogP contribution is -1.99. The molecule has 0 aliphatic heterocycles. The third-order valence-electron chi connectivity index (χ3n) is 3.55. The Morgan fingerprint density at radius 2 is 2.05 bits per heavy atom. The molecule has 0 saturated carbocycles. The van der Waals surface area contributed by atoms with Crippen molar-refractivity contribution in [2.24, 2.45) is 7.05 Å². The van der Waals surface area contributed by atoms with Gasteiger partial charge in [0.05, 0.1) is 22.7 Å². The lowest BCUT2D eigenvalue weighted by Gasteiger charge is -2.03. The Morgan fingerprint density at radius 3 is 2.80 bits per heavy atom. The first kappa shape index (κ1) is 12.4. The molecule has 0 N–H and O–H groups in total. The highest BCUT2D eigenvalue weighted by atomic mass is 15.1. The van der Waals surface area contributed by atoms with Gasteiger partial charge in [-0.3, -0.25) is 0 Å². The highest BCUT2D eigenvalue weighted by Gasteiger charge is 2.09. The summed E-state index contributed by atoms with van der Waals surface area (Å²) in [4.78, 5) is 4.66. The van der Waals surface area contributed by atoms with Gasteiger partial charge in [0, 0.05) is 13.5 Å². The lowest BCUT2D eigenvalue weighted by molar-refractivity contribution is 0.844. The number of aryl methyl sites for hydroxylation is 2. The number of nitrogens with zero attached hydrogens (tertiary/aromatic N) is 3. The Kier molecular flexibility index (Phi) is 3.00. The molecule has 98 valence electrons. The highest BCUT2D eigenvalue weighted by Crippen LogP contribution is 2.19. The minimum atomic E-state index is 0.651. The molecule has 0 atom stereocenters. The summed E-state index contributed by atoms with van der Waals surface area (Å²) in [7, 11) is 2.02. The fourth-order valence-corrected chi connectivity index (χ4v) is 2.48. The second-order valence-corrected chi connectivity index (χ2v) is 5.07. The highest BCUT2D eigenvalue weighted by molar-refractivity contribution is 5.77. The van der Waals surface area contributed by atoms with Crippen molar-refractivity contribution in [3.63, 3.8) is 0 Å². The Morgan fingerprint density at radius 1 is 1.20 bits per heavy atom. The molecule has 3 aromatic rings. The molecule has 0 fully saturated rings. The molecule has 1 heterocycles. The van der Waals surface area contributed by atoms with Crippen molar-refractivity contribution < 1.29 is 0 Å². The number of rotatable bonds is 2. The third kappa shape index (κ3) is 2.17. The molecule has 0 unspecified atom stereocenters. The van der Waals surface area contributed by atoms with Crippen molar-refractivity contribution in [2.45, 2.75) is 13.3 Å². The Labute approximate surface area is 118 Å². The van der Waals surface area contributed by atoms with Crippen molar-refractivity contribution in [2.75, 3.05) is 0 Å². The fourth-order valence-electron chi connectivity index (χ4n) is 2.48. The average Bonchev–Trinajstić information content (AvgIpc) is 2.75. The molecule has 2 aromatic carbocycles. The van der Waals surface area contributed by atoms with Gasteiger partial charge in [-0.15, -0.1) is 0 Å². The van der Waals surface area contributed by atoms with Crippen LogP contribution in [0.2, 0.25) is 0 Å². The van der Waals surface area contributed by atoms with Gasteiger partial charge in [0.15, 0.2) is 0 Å². The monoisotopic (exact) mass is 261 g/mol. The minimum Gasteiger partial charge on any atom is -0.331 e. The van der Waals surface area contributed by atoms with Gasteiger partial charge in [0.2, 0.25) is 0 Å². The molecule has 0 spiro atoms. The van der Waals surface area contributed by atoms with Crippen LogP contribution in [-0.4, -0.2) is 9.55 Å². The summed E-state index contributed by atoms with van der Waals surface area (Å²) in [5.41, 5.74) is 5.11. The van der Waals surface area contributed by atoms with E-state index in [1.165, 1.54) is 11.1 Å². The van der Waals surface area contributed by atoms with Crippen molar-refractivity contribution in [3.8, 4) is 6.07 Å². The van der Waals surface area contributed by atoms with Crippen LogP contribution in [0.4, 0.5) is 0 Å². The van der Waals surface area contributed by atoms with Crippen LogP contribution < -0.4 is 0 Å². The maximum atomic E-state index is 8.95. The first-order valence-electron chi connectivity index (χ1n) is 6.58. The zero-order chi connectivity index (χ0) is 14.1. The average molecular weight is 261 g/mol. The number of aromatic nitrogens is 2. The summed E-state index contributed by atoms with van der Waals surface area (Å²) in [6.07, 6.45) is 0.800. The molecule has 0 amide bonds. The maximum Gasteiger partial charge on any atom is 0.114 e. The Balaban J connectivity index is 2.04. The van der Waals surface area contributed by atoms with Gasteiger partial charge in [-0.2, -0.15) is 5.26 Å². The summed E-state index contributed by atoms with van der Waals surface area (Å²) in [6, 6.07) is 16.3. The van der Waals surface area contributed by atoms with Gasteiger partial charge in [-0.05, 0) is 30.7 Å². The lowest BCUT2D eigenvalue weighted by atomic mass is 10.1. The van der Waals surface area contributed by atoms with E-state index in [0.29, 0.717) is 5.56 Å². The number of imidazole rings is 1. The maximum absolute atomic E-state index is 8.95. The second kappa shape index (κ2) is 4.82. The van der Waals surface area contributed by atoms with Crippen LogP contribution in [0.25, 0.3) is 11.0 Å². The van der Waals surface area contributed by atoms with Crippen LogP contribution in [0.3, 0.4) is 0 Å². The van der Waals surface area contributed by atoms with E-state index in [1.807, 2.05) is 25.2 Å². The predicted molar refractivity (Wildman–Crippen MR) is 79.4 cm³/mol. The number of benzene rings is 2. The van der Waals surface area contributed by atoms with E-state index in [-0.39, 0.29) is 0 Å². The number of fused-ring (bicyclic) bond motifs is 1. The van der Waals surface area contributed by atoms with Crippen LogP contribution in [0.5, 0.6) is 0 Å². The zero-order valence-electron chi connectivity index (χ0n) is 11.6. The van der Waals surface area contributed by atoms with Crippen LogP contribution in [-0.2, 0) is 13.5 Å².